The summed E-state index contributed by atoms with van der Waals surface area (Å²) in [5, 5.41) is 9.80. The predicted octanol–water partition coefficient (Wildman–Crippen LogP) is 14.2. The topological polar surface area (TPSA) is 88.2 Å². The second-order valence-corrected chi connectivity index (χ2v) is 16.9. The summed E-state index contributed by atoms with van der Waals surface area (Å²) in [7, 11) is 0. The average molecular weight is 833 g/mol. The Balaban J connectivity index is 1.12. The van der Waals surface area contributed by atoms with Crippen molar-refractivity contribution in [3.8, 4) is 107 Å². The number of nitrogens with zero attached hydrogens (tertiary/aromatic N) is 6. The summed E-state index contributed by atoms with van der Waals surface area (Å²) in [4.78, 5) is 25.1. The van der Waals surface area contributed by atoms with Crippen molar-refractivity contribution < 1.29 is 0 Å². The zero-order valence-corrected chi connectivity index (χ0v) is 35.8. The number of fused-ring (bicyclic) bond motifs is 3. The molecule has 3 aromatic heterocycles. The third kappa shape index (κ3) is 7.45. The fraction of sp³-hybridized carbons (Fsp3) is 0.0508. The monoisotopic (exact) mass is 832 g/mol. The molecule has 0 unspecified atom stereocenters. The molecule has 0 amide bonds. The van der Waals surface area contributed by atoms with Crippen molar-refractivity contribution >= 4 is 0 Å². The van der Waals surface area contributed by atoms with Crippen LogP contribution in [-0.4, -0.2) is 24.9 Å². The Hall–Kier alpha value is -8.66. The van der Waals surface area contributed by atoms with Gasteiger partial charge in [-0.25, -0.2) is 15.0 Å². The summed E-state index contributed by atoms with van der Waals surface area (Å²) in [5.74, 6) is 1.74. The highest BCUT2D eigenvalue weighted by Crippen LogP contribution is 2.50. The summed E-state index contributed by atoms with van der Waals surface area (Å²) >= 11 is 0. The van der Waals surface area contributed by atoms with E-state index in [0.717, 1.165) is 78.1 Å². The summed E-state index contributed by atoms with van der Waals surface area (Å²) in [6.07, 6.45) is 3.65. The van der Waals surface area contributed by atoms with Crippen LogP contribution in [-0.2, 0) is 5.41 Å². The lowest BCUT2D eigenvalue weighted by molar-refractivity contribution is 0.660. The van der Waals surface area contributed by atoms with E-state index in [1.165, 1.54) is 16.7 Å². The van der Waals surface area contributed by atoms with Crippen LogP contribution in [0.15, 0.2) is 207 Å². The van der Waals surface area contributed by atoms with Gasteiger partial charge in [0.25, 0.3) is 0 Å². The van der Waals surface area contributed by atoms with E-state index in [9.17, 15) is 5.26 Å². The van der Waals surface area contributed by atoms with Crippen LogP contribution in [0.25, 0.3) is 101 Å². The van der Waals surface area contributed by atoms with Gasteiger partial charge in [0, 0.05) is 45.6 Å². The highest BCUT2D eigenvalue weighted by Gasteiger charge is 2.36. The minimum atomic E-state index is -0.313. The number of hydrogen-bond acceptors (Lipinski definition) is 6. The Bertz CT molecular complexity index is 3380. The van der Waals surface area contributed by atoms with Crippen LogP contribution in [0.4, 0.5) is 0 Å². The van der Waals surface area contributed by atoms with Gasteiger partial charge in [-0.1, -0.05) is 129 Å². The zero-order chi connectivity index (χ0) is 43.9. The molecule has 11 rings (SSSR count). The lowest BCUT2D eigenvalue weighted by Crippen LogP contribution is -2.15. The molecule has 1 aliphatic rings. The molecule has 0 saturated heterocycles. The predicted molar refractivity (Wildman–Crippen MR) is 261 cm³/mol. The molecule has 0 radical (unpaired) electrons. The summed E-state index contributed by atoms with van der Waals surface area (Å²) < 4.78 is 0. The van der Waals surface area contributed by atoms with Crippen molar-refractivity contribution in [1.29, 1.82) is 5.26 Å². The summed E-state index contributed by atoms with van der Waals surface area (Å²) in [5.41, 5.74) is 17.8. The molecule has 0 N–H and O–H groups in total. The van der Waals surface area contributed by atoms with Gasteiger partial charge in [0.15, 0.2) is 17.5 Å². The number of hydrogen-bond donors (Lipinski definition) is 0. The fourth-order valence-corrected chi connectivity index (χ4v) is 9.03. The van der Waals surface area contributed by atoms with Gasteiger partial charge in [-0.3, -0.25) is 9.97 Å². The quantitative estimate of drug-likeness (QED) is 0.151. The molecule has 0 saturated carbocycles. The van der Waals surface area contributed by atoms with E-state index in [-0.39, 0.29) is 5.41 Å². The molecule has 65 heavy (non-hydrogen) atoms. The summed E-state index contributed by atoms with van der Waals surface area (Å²) in [6.45, 7) is 4.49. The maximum Gasteiger partial charge on any atom is 0.164 e. The smallest absolute Gasteiger partial charge is 0.164 e. The van der Waals surface area contributed by atoms with E-state index < -0.39 is 0 Å². The van der Waals surface area contributed by atoms with Crippen LogP contribution >= 0.6 is 0 Å². The van der Waals surface area contributed by atoms with E-state index >= 15 is 0 Å². The molecule has 0 atom stereocenters. The molecule has 6 nitrogen and oxygen atoms in total. The molecular formula is C59H40N6. The molecule has 7 aromatic carbocycles. The van der Waals surface area contributed by atoms with Crippen molar-refractivity contribution in [2.24, 2.45) is 0 Å². The normalized spacial score (nSPS) is 12.3. The van der Waals surface area contributed by atoms with Crippen molar-refractivity contribution in [3.63, 3.8) is 0 Å². The van der Waals surface area contributed by atoms with Crippen LogP contribution in [0.3, 0.4) is 0 Å². The number of benzene rings is 7. The molecule has 0 aliphatic heterocycles. The second kappa shape index (κ2) is 16.2. The van der Waals surface area contributed by atoms with Crippen LogP contribution in [0.2, 0.25) is 0 Å². The average Bonchev–Trinajstić information content (AvgIpc) is 3.61. The second-order valence-electron chi connectivity index (χ2n) is 16.9. The lowest BCUT2D eigenvalue weighted by atomic mass is 9.81. The minimum absolute atomic E-state index is 0.313. The molecular weight excluding hydrogens is 793 g/mol. The van der Waals surface area contributed by atoms with Gasteiger partial charge in [-0.15, -0.1) is 0 Å². The first-order valence-electron chi connectivity index (χ1n) is 21.7. The number of aromatic nitrogens is 5. The third-order valence-electron chi connectivity index (χ3n) is 12.4. The van der Waals surface area contributed by atoms with Crippen molar-refractivity contribution in [3.05, 3.63) is 223 Å². The molecule has 0 bridgehead atoms. The lowest BCUT2D eigenvalue weighted by Gasteiger charge is -2.22. The van der Waals surface area contributed by atoms with Gasteiger partial charge >= 0.3 is 0 Å². The molecule has 306 valence electrons. The SMILES string of the molecule is CC1(C)c2cc(C#N)ccc2-c2ccc(-c3cc(-c4cc(-c5ccccn5)cc(-c5ccccn5)c4)cc(-c4nc(-c5ccccc5)nc(-c5ccc(-c6ccccc6)cc5)n4)c3)cc21. The van der Waals surface area contributed by atoms with Crippen LogP contribution < -0.4 is 0 Å². The zero-order valence-electron chi connectivity index (χ0n) is 35.8. The van der Waals surface area contributed by atoms with Gasteiger partial charge in [0.05, 0.1) is 23.0 Å². The number of nitriles is 1. The highest BCUT2D eigenvalue weighted by atomic mass is 15.0. The fourth-order valence-electron chi connectivity index (χ4n) is 9.03. The maximum absolute atomic E-state index is 9.80. The summed E-state index contributed by atoms with van der Waals surface area (Å²) in [6, 6.07) is 69.2. The van der Waals surface area contributed by atoms with Gasteiger partial charge in [-0.05, 0) is 134 Å². The first-order chi connectivity index (χ1) is 31.9. The van der Waals surface area contributed by atoms with E-state index in [2.05, 4.69) is 129 Å². The van der Waals surface area contributed by atoms with E-state index in [1.807, 2.05) is 97.3 Å². The number of rotatable bonds is 8. The molecule has 6 heteroatoms. The van der Waals surface area contributed by atoms with Gasteiger partial charge < -0.3 is 0 Å². The highest BCUT2D eigenvalue weighted by molar-refractivity contribution is 5.88. The molecule has 3 heterocycles. The van der Waals surface area contributed by atoms with Crippen LogP contribution in [0.5, 0.6) is 0 Å². The van der Waals surface area contributed by atoms with Gasteiger partial charge in [0.1, 0.15) is 0 Å². The Kier molecular flexibility index (Phi) is 9.79. The van der Waals surface area contributed by atoms with Crippen molar-refractivity contribution in [2.45, 2.75) is 19.3 Å². The third-order valence-corrected chi connectivity index (χ3v) is 12.4. The van der Waals surface area contributed by atoms with E-state index in [1.54, 1.807) is 0 Å². The van der Waals surface area contributed by atoms with Crippen molar-refractivity contribution in [2.75, 3.05) is 0 Å². The van der Waals surface area contributed by atoms with Crippen molar-refractivity contribution in [1.82, 2.24) is 24.9 Å². The number of pyridine rings is 2. The molecule has 10 aromatic rings. The van der Waals surface area contributed by atoms with Gasteiger partial charge in [0.2, 0.25) is 0 Å². The van der Waals surface area contributed by atoms with Crippen LogP contribution in [0, 0.1) is 11.3 Å². The Labute approximate surface area is 378 Å². The van der Waals surface area contributed by atoms with Crippen LogP contribution in [0.1, 0.15) is 30.5 Å². The first kappa shape index (κ1) is 39.2. The Morgan fingerprint density at radius 2 is 0.769 bits per heavy atom. The maximum atomic E-state index is 9.80. The minimum Gasteiger partial charge on any atom is -0.256 e. The molecule has 0 fully saturated rings. The molecule has 1 aliphatic carbocycles. The van der Waals surface area contributed by atoms with E-state index in [0.29, 0.717) is 23.0 Å². The first-order valence-corrected chi connectivity index (χ1v) is 21.7. The standard InChI is InChI=1S/C59H40N6/c1-59(2)52-29-38(37-60)19-25-50(52)51-26-24-43(36-53(51)59)44-30-45(46-31-47(54-17-9-11-27-61-54)35-48(32-46)55-18-10-12-28-62-55)34-49(33-44)58-64-56(41-15-7-4-8-16-41)63-57(65-58)42-22-20-40(21-23-42)39-13-5-3-6-14-39/h3-36H,1-2H3. The van der Waals surface area contributed by atoms with Gasteiger partial charge in [-0.2, -0.15) is 5.26 Å². The largest absolute Gasteiger partial charge is 0.256 e. The molecule has 0 spiro atoms. The Morgan fingerprint density at radius 3 is 1.34 bits per heavy atom. The Morgan fingerprint density at radius 1 is 0.354 bits per heavy atom. The van der Waals surface area contributed by atoms with E-state index in [4.69, 9.17) is 24.9 Å².